The molecule has 1 aromatic rings. The molecule has 1 aliphatic rings. The second-order valence-corrected chi connectivity index (χ2v) is 5.96. The predicted octanol–water partition coefficient (Wildman–Crippen LogP) is 2.52. The third-order valence-corrected chi connectivity index (χ3v) is 3.79. The second kappa shape index (κ2) is 6.39. The summed E-state index contributed by atoms with van der Waals surface area (Å²) in [6.07, 6.45) is 1.69. The highest BCUT2D eigenvalue weighted by Gasteiger charge is 2.27. The van der Waals surface area contributed by atoms with Gasteiger partial charge in [0.15, 0.2) is 0 Å². The zero-order valence-electron chi connectivity index (χ0n) is 12.9. The molecule has 1 fully saturated rings. The summed E-state index contributed by atoms with van der Waals surface area (Å²) < 4.78 is 0. The molecule has 0 radical (unpaired) electrons. The second-order valence-electron chi connectivity index (χ2n) is 5.96. The number of aliphatic hydroxyl groups excluding tert-OH is 1. The van der Waals surface area contributed by atoms with Crippen LogP contribution >= 0.6 is 0 Å². The van der Waals surface area contributed by atoms with Crippen molar-refractivity contribution in [3.05, 3.63) is 11.4 Å². The molecule has 1 aliphatic carbocycles. The van der Waals surface area contributed by atoms with Crippen LogP contribution in [0, 0.1) is 12.8 Å². The summed E-state index contributed by atoms with van der Waals surface area (Å²) in [5, 5.41) is 16.1. The third-order valence-electron chi connectivity index (χ3n) is 3.79. The fourth-order valence-corrected chi connectivity index (χ4v) is 2.41. The maximum Gasteiger partial charge on any atom is 0.135 e. The van der Waals surface area contributed by atoms with Crippen molar-refractivity contribution in [1.82, 2.24) is 9.97 Å². The summed E-state index contributed by atoms with van der Waals surface area (Å²) >= 11 is 0. The summed E-state index contributed by atoms with van der Waals surface area (Å²) in [4.78, 5) is 9.23. The Morgan fingerprint density at radius 3 is 2.30 bits per heavy atom. The van der Waals surface area contributed by atoms with Gasteiger partial charge in [-0.1, -0.05) is 13.8 Å². The zero-order chi connectivity index (χ0) is 14.7. The molecular formula is C15H26N4O. The topological polar surface area (TPSA) is 70.1 Å². The molecule has 0 aliphatic heterocycles. The van der Waals surface area contributed by atoms with E-state index in [2.05, 4.69) is 41.4 Å². The molecule has 3 N–H and O–H groups in total. The largest absolute Gasteiger partial charge is 0.393 e. The number of hydrogen-bond acceptors (Lipinski definition) is 5. The van der Waals surface area contributed by atoms with E-state index in [1.807, 2.05) is 6.92 Å². The Bertz CT molecular complexity index is 455. The average molecular weight is 278 g/mol. The van der Waals surface area contributed by atoms with Crippen molar-refractivity contribution >= 4 is 11.6 Å². The van der Waals surface area contributed by atoms with Crippen molar-refractivity contribution in [2.24, 2.45) is 5.92 Å². The Labute approximate surface area is 121 Å². The Balaban J connectivity index is 2.12. The van der Waals surface area contributed by atoms with Gasteiger partial charge in [0.25, 0.3) is 0 Å². The van der Waals surface area contributed by atoms with Crippen molar-refractivity contribution < 1.29 is 5.11 Å². The van der Waals surface area contributed by atoms with Crippen LogP contribution in [0.25, 0.3) is 0 Å². The Hall–Kier alpha value is -1.36. The van der Waals surface area contributed by atoms with Crippen molar-refractivity contribution in [2.45, 2.75) is 52.6 Å². The number of nitrogens with zero attached hydrogens (tertiary/aromatic N) is 2. The maximum atomic E-state index is 9.34. The quantitative estimate of drug-likeness (QED) is 0.746. The van der Waals surface area contributed by atoms with Gasteiger partial charge in [-0.25, -0.2) is 9.97 Å². The molecule has 1 heterocycles. The number of aliphatic hydroxyl groups is 1. The predicted molar refractivity (Wildman–Crippen MR) is 82.2 cm³/mol. The highest BCUT2D eigenvalue weighted by Crippen LogP contribution is 2.28. The molecule has 0 bridgehead atoms. The molecule has 112 valence electrons. The fraction of sp³-hybridized carbons (Fsp3) is 0.733. The van der Waals surface area contributed by atoms with Crippen molar-refractivity contribution in [2.75, 3.05) is 23.7 Å². The van der Waals surface area contributed by atoms with Crippen LogP contribution in [-0.2, 0) is 0 Å². The van der Waals surface area contributed by atoms with Gasteiger partial charge in [-0.2, -0.15) is 0 Å². The minimum Gasteiger partial charge on any atom is -0.393 e. The van der Waals surface area contributed by atoms with Crippen LogP contribution in [0.3, 0.4) is 0 Å². The normalized spacial score (nSPS) is 21.7. The van der Waals surface area contributed by atoms with E-state index < -0.39 is 0 Å². The zero-order valence-corrected chi connectivity index (χ0v) is 12.9. The highest BCUT2D eigenvalue weighted by atomic mass is 16.3. The molecule has 1 aromatic heterocycles. The van der Waals surface area contributed by atoms with E-state index in [1.54, 1.807) is 0 Å². The van der Waals surface area contributed by atoms with E-state index in [0.29, 0.717) is 11.8 Å². The van der Waals surface area contributed by atoms with Gasteiger partial charge < -0.3 is 15.7 Å². The molecule has 0 saturated heterocycles. The Morgan fingerprint density at radius 1 is 1.20 bits per heavy atom. The number of nitrogens with one attached hydrogen (secondary N) is 2. The fourth-order valence-electron chi connectivity index (χ4n) is 2.41. The van der Waals surface area contributed by atoms with Gasteiger partial charge in [0.1, 0.15) is 17.5 Å². The van der Waals surface area contributed by atoms with Crippen molar-refractivity contribution in [3.8, 4) is 0 Å². The van der Waals surface area contributed by atoms with Gasteiger partial charge in [-0.15, -0.1) is 0 Å². The minimum absolute atomic E-state index is 0.100. The summed E-state index contributed by atoms with van der Waals surface area (Å²) in [5.41, 5.74) is 1.07. The van der Waals surface area contributed by atoms with E-state index >= 15 is 0 Å². The van der Waals surface area contributed by atoms with Crippen LogP contribution in [0.15, 0.2) is 0 Å². The van der Waals surface area contributed by atoms with E-state index in [1.165, 1.54) is 0 Å². The molecule has 0 spiro atoms. The van der Waals surface area contributed by atoms with E-state index in [9.17, 15) is 5.11 Å². The smallest absolute Gasteiger partial charge is 0.135 e. The van der Waals surface area contributed by atoms with Crippen molar-refractivity contribution in [3.63, 3.8) is 0 Å². The van der Waals surface area contributed by atoms with Crippen LogP contribution in [0.2, 0.25) is 0 Å². The Kier molecular flexibility index (Phi) is 4.81. The van der Waals surface area contributed by atoms with Gasteiger partial charge >= 0.3 is 0 Å². The van der Waals surface area contributed by atoms with Crippen molar-refractivity contribution in [1.29, 1.82) is 0 Å². The average Bonchev–Trinajstić information content (AvgIpc) is 2.36. The summed E-state index contributed by atoms with van der Waals surface area (Å²) in [6, 6.07) is 0. The van der Waals surface area contributed by atoms with Gasteiger partial charge in [0.05, 0.1) is 6.10 Å². The van der Waals surface area contributed by atoms with E-state index in [0.717, 1.165) is 49.0 Å². The Morgan fingerprint density at radius 2 is 1.80 bits per heavy atom. The molecule has 1 saturated carbocycles. The standard InChI is InChI=1S/C15H26N4O/c1-5-16-14-10(4)15(19-13(18-14)9(2)3)17-8-11-6-12(20)7-11/h9,11-12,20H,5-8H2,1-4H3,(H2,16,17,18,19). The first-order valence-corrected chi connectivity index (χ1v) is 7.55. The lowest BCUT2D eigenvalue weighted by Crippen LogP contribution is -2.33. The molecule has 20 heavy (non-hydrogen) atoms. The molecule has 0 amide bonds. The van der Waals surface area contributed by atoms with Crippen LogP contribution in [-0.4, -0.2) is 34.3 Å². The first kappa shape index (κ1) is 15.0. The molecule has 0 aromatic carbocycles. The maximum absolute atomic E-state index is 9.34. The first-order valence-electron chi connectivity index (χ1n) is 7.55. The van der Waals surface area contributed by atoms with Gasteiger partial charge in [-0.3, -0.25) is 0 Å². The van der Waals surface area contributed by atoms with E-state index in [-0.39, 0.29) is 6.10 Å². The van der Waals surface area contributed by atoms with Crippen LogP contribution in [0.4, 0.5) is 11.6 Å². The van der Waals surface area contributed by atoms with E-state index in [4.69, 9.17) is 0 Å². The monoisotopic (exact) mass is 278 g/mol. The van der Waals surface area contributed by atoms with Gasteiger partial charge in [0.2, 0.25) is 0 Å². The molecule has 0 atom stereocenters. The molecule has 2 rings (SSSR count). The number of rotatable bonds is 6. The SMILES string of the molecule is CCNc1nc(C(C)C)nc(NCC2CC(O)C2)c1C. The number of aromatic nitrogens is 2. The lowest BCUT2D eigenvalue weighted by atomic mass is 9.82. The summed E-state index contributed by atoms with van der Waals surface area (Å²) in [7, 11) is 0. The molecule has 0 unspecified atom stereocenters. The lowest BCUT2D eigenvalue weighted by molar-refractivity contribution is 0.0486. The third kappa shape index (κ3) is 3.39. The number of hydrogen-bond donors (Lipinski definition) is 3. The summed E-state index contributed by atoms with van der Waals surface area (Å²) in [5.74, 6) is 3.56. The first-order chi connectivity index (χ1) is 9.51. The lowest BCUT2D eigenvalue weighted by Gasteiger charge is -2.31. The molecule has 5 heteroatoms. The highest BCUT2D eigenvalue weighted by molar-refractivity contribution is 5.57. The number of anilines is 2. The van der Waals surface area contributed by atoms with Crippen LogP contribution in [0.5, 0.6) is 0 Å². The van der Waals surface area contributed by atoms with Crippen LogP contribution in [0.1, 0.15) is 50.9 Å². The van der Waals surface area contributed by atoms with Crippen LogP contribution < -0.4 is 10.6 Å². The molecular weight excluding hydrogens is 252 g/mol. The van der Waals surface area contributed by atoms with Gasteiger partial charge in [-0.05, 0) is 32.6 Å². The minimum atomic E-state index is -0.100. The molecule has 5 nitrogen and oxygen atoms in total. The van der Waals surface area contributed by atoms with Gasteiger partial charge in [0, 0.05) is 24.6 Å². The summed E-state index contributed by atoms with van der Waals surface area (Å²) in [6.45, 7) is 10.0.